The first-order valence-corrected chi connectivity index (χ1v) is 15.0. The molecule has 0 unspecified atom stereocenters. The van der Waals surface area contributed by atoms with Gasteiger partial charge in [-0.2, -0.15) is 0 Å². The molecule has 0 spiro atoms. The molecule has 5 aromatic rings. The predicted octanol–water partition coefficient (Wildman–Crippen LogP) is 10.3. The highest BCUT2D eigenvalue weighted by molar-refractivity contribution is 6.31. The summed E-state index contributed by atoms with van der Waals surface area (Å²) in [6, 6.07) is 24.3. The highest BCUT2D eigenvalue weighted by Gasteiger charge is 2.19. The van der Waals surface area contributed by atoms with Gasteiger partial charge in [-0.3, -0.25) is 9.90 Å². The van der Waals surface area contributed by atoms with Gasteiger partial charge in [-0.05, 0) is 84.6 Å². The van der Waals surface area contributed by atoms with Crippen molar-refractivity contribution in [1.29, 1.82) is 0 Å². The summed E-state index contributed by atoms with van der Waals surface area (Å²) in [6.07, 6.45) is 8.32. The first kappa shape index (κ1) is 29.7. The molecule has 0 aliphatic rings. The molecule has 215 valence electrons. The first-order chi connectivity index (χ1) is 20.4. The van der Waals surface area contributed by atoms with Crippen molar-refractivity contribution < 1.29 is 14.3 Å². The molecule has 1 aromatic heterocycles. The van der Waals surface area contributed by atoms with Crippen LogP contribution in [0.15, 0.2) is 91.1 Å². The summed E-state index contributed by atoms with van der Waals surface area (Å²) < 4.78 is 15.6. The van der Waals surface area contributed by atoms with Crippen LogP contribution in [0.2, 0.25) is 10.0 Å². The lowest BCUT2D eigenvalue weighted by Gasteiger charge is -2.13. The van der Waals surface area contributed by atoms with Crippen molar-refractivity contribution in [3.05, 3.63) is 113 Å². The lowest BCUT2D eigenvalue weighted by atomic mass is 9.94. The fraction of sp³-hybridized carbons (Fsp3) is 0.229. The number of nitrogens with zero attached hydrogens (tertiary/aromatic N) is 1. The lowest BCUT2D eigenvalue weighted by Crippen LogP contribution is -2.24. The average Bonchev–Trinajstić information content (AvgIpc) is 3.38. The van der Waals surface area contributed by atoms with E-state index in [0.29, 0.717) is 44.4 Å². The number of amides is 1. The highest BCUT2D eigenvalue weighted by Crippen LogP contribution is 2.41. The molecule has 5 rings (SSSR count). The number of fused-ring (bicyclic) bond motifs is 1. The number of aromatic nitrogens is 1. The van der Waals surface area contributed by atoms with Crippen LogP contribution in [-0.2, 0) is 11.7 Å². The highest BCUT2D eigenvalue weighted by atomic mass is 35.5. The molecular weight excluding hydrogens is 570 g/mol. The van der Waals surface area contributed by atoms with Crippen molar-refractivity contribution in [2.24, 2.45) is 0 Å². The van der Waals surface area contributed by atoms with Gasteiger partial charge in [-0.25, -0.2) is 4.39 Å². The van der Waals surface area contributed by atoms with Gasteiger partial charge in [-0.15, -0.1) is 0 Å². The number of nitrogens with one attached hydrogen (secondary N) is 1. The van der Waals surface area contributed by atoms with E-state index in [4.69, 9.17) is 23.2 Å². The summed E-state index contributed by atoms with van der Waals surface area (Å²) >= 11 is 12.4. The molecular formula is C35H32Cl2FN2O2. The van der Waals surface area contributed by atoms with Crippen LogP contribution in [0, 0.1) is 5.82 Å². The smallest absolute Gasteiger partial charge is 0.251 e. The van der Waals surface area contributed by atoms with Gasteiger partial charge in [0.2, 0.25) is 0 Å². The predicted molar refractivity (Wildman–Crippen MR) is 169 cm³/mol. The van der Waals surface area contributed by atoms with Gasteiger partial charge in [-0.1, -0.05) is 73.2 Å². The quantitative estimate of drug-likeness (QED) is 0.142. The van der Waals surface area contributed by atoms with Gasteiger partial charge in [0.05, 0.1) is 0 Å². The molecule has 0 saturated heterocycles. The lowest BCUT2D eigenvalue weighted by molar-refractivity contribution is 0.0953. The Bertz CT molecular complexity index is 1630. The van der Waals surface area contributed by atoms with E-state index in [1.165, 1.54) is 6.07 Å². The van der Waals surface area contributed by atoms with E-state index < -0.39 is 0 Å². The van der Waals surface area contributed by atoms with Gasteiger partial charge < -0.3 is 9.88 Å². The summed E-state index contributed by atoms with van der Waals surface area (Å²) in [5.41, 5.74) is 3.63. The number of unbranched alkanes of at least 4 members (excludes halogenated alkanes) is 5. The maximum atomic E-state index is 13.5. The normalized spacial score (nSPS) is 11.2. The van der Waals surface area contributed by atoms with Gasteiger partial charge in [0.25, 0.3) is 5.91 Å². The molecule has 7 heteroatoms. The number of aryl methyl sites for hydroxylation is 1. The van der Waals surface area contributed by atoms with E-state index in [1.54, 1.807) is 54.6 Å². The summed E-state index contributed by atoms with van der Waals surface area (Å²) in [4.78, 5) is 13.2. The third-order valence-electron chi connectivity index (χ3n) is 7.47. The molecule has 0 bridgehead atoms. The fourth-order valence-corrected chi connectivity index (χ4v) is 5.67. The van der Waals surface area contributed by atoms with Crippen LogP contribution < -0.4 is 5.32 Å². The summed E-state index contributed by atoms with van der Waals surface area (Å²) in [5, 5.41) is 18.5. The zero-order valence-electron chi connectivity index (χ0n) is 23.2. The van der Waals surface area contributed by atoms with E-state index in [1.807, 2.05) is 30.5 Å². The molecule has 4 aromatic carbocycles. The van der Waals surface area contributed by atoms with Crippen LogP contribution in [0.5, 0.6) is 5.75 Å². The monoisotopic (exact) mass is 601 g/mol. The number of benzene rings is 4. The van der Waals surface area contributed by atoms with Crippen LogP contribution in [0.25, 0.3) is 33.2 Å². The Morgan fingerprint density at radius 3 is 2.00 bits per heavy atom. The van der Waals surface area contributed by atoms with Crippen molar-refractivity contribution in [3.8, 4) is 28.0 Å². The van der Waals surface area contributed by atoms with Crippen LogP contribution in [-0.4, -0.2) is 17.0 Å². The van der Waals surface area contributed by atoms with E-state index in [0.717, 1.165) is 56.0 Å². The molecule has 0 aliphatic heterocycles. The molecule has 1 amide bonds. The fourth-order valence-electron chi connectivity index (χ4n) is 5.29. The topological polar surface area (TPSA) is 53.9 Å². The SMILES string of the molecule is [O]c1c(-c2cccc(Cl)c2)cc(C(=O)NCCCCCCCCn2ccc3cc(F)ccc32)cc1-c1cccc(Cl)c1. The Morgan fingerprint density at radius 2 is 1.36 bits per heavy atom. The number of rotatable bonds is 12. The van der Waals surface area contributed by atoms with Crippen LogP contribution in [0.4, 0.5) is 4.39 Å². The second-order valence-corrected chi connectivity index (χ2v) is 11.4. The molecule has 0 saturated carbocycles. The Morgan fingerprint density at radius 1 is 0.738 bits per heavy atom. The first-order valence-electron chi connectivity index (χ1n) is 14.3. The van der Waals surface area contributed by atoms with Crippen molar-refractivity contribution in [3.63, 3.8) is 0 Å². The standard InChI is InChI=1S/C35H32Cl2FN2O2/c36-28-11-7-9-24(19-28)31-22-27(23-32(34(31)41)25-10-8-12-29(37)20-25)35(42)39-16-5-3-1-2-4-6-17-40-18-15-26-21-30(38)13-14-33(26)40/h7-15,18-23H,1-6,16-17H2,(H,39,42). The molecule has 42 heavy (non-hydrogen) atoms. The van der Waals surface area contributed by atoms with Gasteiger partial charge in [0.15, 0.2) is 5.75 Å². The molecule has 1 radical (unpaired) electrons. The van der Waals surface area contributed by atoms with E-state index in [-0.39, 0.29) is 17.5 Å². The molecule has 1 heterocycles. The van der Waals surface area contributed by atoms with Crippen LogP contribution in [0.3, 0.4) is 0 Å². The molecule has 1 N–H and O–H groups in total. The Balaban J connectivity index is 1.13. The number of carbonyl (C=O) groups excluding carboxylic acids is 1. The maximum absolute atomic E-state index is 13.5. The largest absolute Gasteiger partial charge is 0.352 e. The zero-order valence-corrected chi connectivity index (χ0v) is 24.7. The molecule has 4 nitrogen and oxygen atoms in total. The molecule has 0 fully saturated rings. The summed E-state index contributed by atoms with van der Waals surface area (Å²) in [6.45, 7) is 1.48. The minimum Gasteiger partial charge on any atom is -0.352 e. The minimum absolute atomic E-state index is 0.185. The second kappa shape index (κ2) is 13.9. The van der Waals surface area contributed by atoms with Gasteiger partial charge in [0.1, 0.15) is 5.82 Å². The number of carbonyl (C=O) groups is 1. The number of halogens is 3. The number of hydrogen-bond donors (Lipinski definition) is 1. The minimum atomic E-state index is -0.222. The Labute approximate surface area is 255 Å². The van der Waals surface area contributed by atoms with Crippen molar-refractivity contribution in [2.45, 2.75) is 45.1 Å². The van der Waals surface area contributed by atoms with Gasteiger partial charge in [0, 0.05) is 56.9 Å². The van der Waals surface area contributed by atoms with Gasteiger partial charge >= 0.3 is 0 Å². The number of hydrogen-bond acceptors (Lipinski definition) is 1. The maximum Gasteiger partial charge on any atom is 0.251 e. The Kier molecular flexibility index (Phi) is 9.83. The van der Waals surface area contributed by atoms with Crippen LogP contribution in [0.1, 0.15) is 48.9 Å². The molecule has 0 aliphatic carbocycles. The summed E-state index contributed by atoms with van der Waals surface area (Å²) in [7, 11) is 0. The van der Waals surface area contributed by atoms with E-state index in [2.05, 4.69) is 9.88 Å². The second-order valence-electron chi connectivity index (χ2n) is 10.5. The van der Waals surface area contributed by atoms with Crippen molar-refractivity contribution in [1.82, 2.24) is 9.88 Å². The zero-order chi connectivity index (χ0) is 29.5. The van der Waals surface area contributed by atoms with Crippen molar-refractivity contribution >= 4 is 40.0 Å². The summed E-state index contributed by atoms with van der Waals surface area (Å²) in [5.74, 6) is -0.614. The van der Waals surface area contributed by atoms with E-state index >= 15 is 0 Å². The average molecular weight is 603 g/mol. The van der Waals surface area contributed by atoms with Crippen LogP contribution >= 0.6 is 23.2 Å². The molecule has 0 atom stereocenters. The third-order valence-corrected chi connectivity index (χ3v) is 7.94. The van der Waals surface area contributed by atoms with Crippen molar-refractivity contribution in [2.75, 3.05) is 6.54 Å². The third kappa shape index (κ3) is 7.33. The Hall–Kier alpha value is -3.80. The van der Waals surface area contributed by atoms with E-state index in [9.17, 15) is 14.3 Å².